The molecule has 1 N–H and O–H groups in total. The van der Waals surface area contributed by atoms with Gasteiger partial charge in [-0.05, 0) is 6.07 Å². The molecule has 0 spiro atoms. The summed E-state index contributed by atoms with van der Waals surface area (Å²) in [6.45, 7) is 0. The topological polar surface area (TPSA) is 198 Å². The van der Waals surface area contributed by atoms with Gasteiger partial charge in [0.1, 0.15) is 14.9 Å². The van der Waals surface area contributed by atoms with E-state index in [1.54, 1.807) is 0 Å². The van der Waals surface area contributed by atoms with Crippen molar-refractivity contribution in [2.45, 2.75) is 4.90 Å². The molecule has 0 amide bonds. The van der Waals surface area contributed by atoms with Gasteiger partial charge in [-0.25, -0.2) is 0 Å². The van der Waals surface area contributed by atoms with E-state index in [0.717, 1.165) is 18.2 Å². The average molecular weight is 434 g/mol. The molecule has 1 unspecified atom stereocenters. The number of thiophene rings is 1. The minimum Gasteiger partial charge on any atom is -0.703 e. The van der Waals surface area contributed by atoms with Gasteiger partial charge in [0, 0.05) is 24.3 Å². The Morgan fingerprint density at radius 1 is 0.963 bits per heavy atom. The predicted octanol–water partition coefficient (Wildman–Crippen LogP) is 2.11. The summed E-state index contributed by atoms with van der Waals surface area (Å²) < 4.78 is 67.0. The molecule has 0 aliphatic carbocycles. The Labute approximate surface area is 151 Å². The van der Waals surface area contributed by atoms with E-state index in [2.05, 4.69) is 0 Å². The molecule has 0 saturated carbocycles. The summed E-state index contributed by atoms with van der Waals surface area (Å²) >= 11 is 0. The van der Waals surface area contributed by atoms with E-state index < -0.39 is 65.0 Å². The maximum Gasteiger partial charge on any atom is 0.300 e. The standard InChI is InChI=1S/C12H6N2O10S3/c15-13(16)6-1-3-9-7(5-6)11-8(14(17)18)2-4-10(26(19,20)21)12(11)25(9)27(22,23)24/h1-5H,(H-,19,20,21,22,23,24). The van der Waals surface area contributed by atoms with E-state index in [9.17, 15) is 46.2 Å². The van der Waals surface area contributed by atoms with E-state index in [1.165, 1.54) is 0 Å². The average Bonchev–Trinajstić information content (AvgIpc) is 2.86. The van der Waals surface area contributed by atoms with Crippen LogP contribution >= 0.6 is 9.50 Å². The van der Waals surface area contributed by atoms with E-state index >= 15 is 0 Å². The molecule has 27 heavy (non-hydrogen) atoms. The Balaban J connectivity index is 2.79. The number of benzene rings is 2. The molecule has 1 atom stereocenters. The van der Waals surface area contributed by atoms with Crippen LogP contribution in [0, 0.1) is 20.2 Å². The molecule has 0 fully saturated rings. The molecule has 0 radical (unpaired) electrons. The third-order valence-corrected chi connectivity index (χ3v) is 8.85. The minimum absolute atomic E-state index is 0.329. The number of nitro benzene ring substituents is 2. The van der Waals surface area contributed by atoms with Crippen LogP contribution in [-0.2, 0) is 19.3 Å². The summed E-state index contributed by atoms with van der Waals surface area (Å²) in [5, 5.41) is 21.4. The molecule has 0 aliphatic heterocycles. The third-order valence-electron chi connectivity index (χ3n) is 3.61. The van der Waals surface area contributed by atoms with Crippen molar-refractivity contribution >= 4 is 60.3 Å². The molecule has 3 aromatic rings. The van der Waals surface area contributed by atoms with Gasteiger partial charge in [-0.3, -0.25) is 24.8 Å². The molecule has 2 aromatic carbocycles. The summed E-state index contributed by atoms with van der Waals surface area (Å²) in [6.07, 6.45) is 0. The highest BCUT2D eigenvalue weighted by Gasteiger charge is 2.38. The van der Waals surface area contributed by atoms with Gasteiger partial charge in [-0.1, -0.05) is 0 Å². The van der Waals surface area contributed by atoms with Crippen molar-refractivity contribution in [2.24, 2.45) is 0 Å². The number of fused-ring (bicyclic) bond motifs is 3. The fraction of sp³-hybridized carbons (Fsp3) is 0. The van der Waals surface area contributed by atoms with Gasteiger partial charge in [0.2, 0.25) is 4.70 Å². The molecule has 0 bridgehead atoms. The Bertz CT molecular complexity index is 1370. The maximum atomic E-state index is 11.8. The summed E-state index contributed by atoms with van der Waals surface area (Å²) in [5.74, 6) is 0. The van der Waals surface area contributed by atoms with Crippen molar-refractivity contribution in [1.29, 1.82) is 0 Å². The molecule has 0 saturated heterocycles. The van der Waals surface area contributed by atoms with Crippen molar-refractivity contribution in [3.05, 3.63) is 50.6 Å². The van der Waals surface area contributed by atoms with Crippen molar-refractivity contribution in [3.63, 3.8) is 0 Å². The van der Waals surface area contributed by atoms with Crippen LogP contribution in [0.3, 0.4) is 0 Å². The fourth-order valence-corrected chi connectivity index (χ4v) is 8.04. The van der Waals surface area contributed by atoms with E-state index in [1.807, 2.05) is 0 Å². The molecule has 1 heterocycles. The Morgan fingerprint density at radius 3 is 2.07 bits per heavy atom. The van der Waals surface area contributed by atoms with Crippen LogP contribution < -0.4 is 0 Å². The summed E-state index contributed by atoms with van der Waals surface area (Å²) in [4.78, 5) is 19.5. The lowest BCUT2D eigenvalue weighted by Gasteiger charge is -2.01. The SMILES string of the molecule is O=[N+]([O-])c1ccc2c(c1)c1c([N+](=O)[O-])ccc(S(=O)(=O)O)c1[s+]2S(=O)(=O)[O-]. The lowest BCUT2D eigenvalue weighted by molar-refractivity contribution is -0.384. The highest BCUT2D eigenvalue weighted by atomic mass is 33.2. The Kier molecular flexibility index (Phi) is 4.16. The van der Waals surface area contributed by atoms with Crippen LogP contribution in [-0.4, -0.2) is 35.8 Å². The summed E-state index contributed by atoms with van der Waals surface area (Å²) in [5.41, 5.74) is -1.32. The lowest BCUT2D eigenvalue weighted by Crippen LogP contribution is -2.01. The first kappa shape index (κ1) is 19.1. The zero-order chi connectivity index (χ0) is 20.3. The third kappa shape index (κ3) is 3.00. The van der Waals surface area contributed by atoms with Crippen molar-refractivity contribution < 1.29 is 35.8 Å². The van der Waals surface area contributed by atoms with Crippen LogP contribution in [0.2, 0.25) is 0 Å². The number of hydrogen-bond acceptors (Lipinski definition) is 9. The smallest absolute Gasteiger partial charge is 0.300 e. The zero-order valence-corrected chi connectivity index (χ0v) is 15.1. The zero-order valence-electron chi connectivity index (χ0n) is 12.6. The van der Waals surface area contributed by atoms with Crippen LogP contribution in [0.4, 0.5) is 11.4 Å². The fourth-order valence-electron chi connectivity index (χ4n) is 2.66. The Hall–Kier alpha value is -2.72. The second-order valence-corrected chi connectivity index (χ2v) is 11.0. The van der Waals surface area contributed by atoms with Gasteiger partial charge in [-0.2, -0.15) is 16.8 Å². The second-order valence-electron chi connectivity index (χ2n) is 5.13. The highest BCUT2D eigenvalue weighted by Crippen LogP contribution is 2.51. The highest BCUT2D eigenvalue weighted by molar-refractivity contribution is 8.38. The van der Waals surface area contributed by atoms with Crippen LogP contribution in [0.5, 0.6) is 0 Å². The van der Waals surface area contributed by atoms with Gasteiger partial charge < -0.3 is 4.55 Å². The first-order valence-electron chi connectivity index (χ1n) is 6.62. The predicted molar refractivity (Wildman–Crippen MR) is 92.2 cm³/mol. The maximum absolute atomic E-state index is 11.8. The van der Waals surface area contributed by atoms with Gasteiger partial charge in [0.25, 0.3) is 30.6 Å². The van der Waals surface area contributed by atoms with E-state index in [0.29, 0.717) is 12.1 Å². The molecular weight excluding hydrogens is 428 g/mol. The first-order valence-corrected chi connectivity index (χ1v) is 11.2. The van der Waals surface area contributed by atoms with Crippen molar-refractivity contribution in [2.75, 3.05) is 0 Å². The van der Waals surface area contributed by atoms with E-state index in [-0.39, 0.29) is 10.1 Å². The molecule has 1 aromatic heterocycles. The molecule has 0 aliphatic rings. The largest absolute Gasteiger partial charge is 0.703 e. The van der Waals surface area contributed by atoms with Gasteiger partial charge in [0.15, 0.2) is 9.60 Å². The molecule has 3 rings (SSSR count). The normalized spacial score (nSPS) is 13.2. The van der Waals surface area contributed by atoms with Gasteiger partial charge in [0.05, 0.1) is 15.2 Å². The lowest BCUT2D eigenvalue weighted by atomic mass is 10.1. The number of non-ortho nitro benzene ring substituents is 2. The molecular formula is C12H6N2O10S3. The monoisotopic (exact) mass is 434 g/mol. The number of nitrogens with zero attached hydrogens (tertiary/aromatic N) is 2. The summed E-state index contributed by atoms with van der Waals surface area (Å²) in [6, 6.07) is 3.93. The van der Waals surface area contributed by atoms with Gasteiger partial charge in [-0.15, -0.1) is 0 Å². The molecule has 142 valence electrons. The van der Waals surface area contributed by atoms with Gasteiger partial charge >= 0.3 is 0 Å². The van der Waals surface area contributed by atoms with E-state index in [4.69, 9.17) is 0 Å². The molecule has 12 nitrogen and oxygen atoms in total. The Morgan fingerprint density at radius 2 is 1.59 bits per heavy atom. The quantitative estimate of drug-likeness (QED) is 0.208. The van der Waals surface area contributed by atoms with Crippen LogP contribution in [0.15, 0.2) is 35.2 Å². The minimum atomic E-state index is -5.28. The summed E-state index contributed by atoms with van der Waals surface area (Å²) in [7, 11) is -12.9. The van der Waals surface area contributed by atoms with Crippen molar-refractivity contribution in [1.82, 2.24) is 0 Å². The number of rotatable bonds is 4. The van der Waals surface area contributed by atoms with Crippen molar-refractivity contribution in [3.8, 4) is 0 Å². The molecule has 15 heteroatoms. The number of nitro groups is 2. The second kappa shape index (κ2) is 5.89. The first-order chi connectivity index (χ1) is 12.3. The number of hydrogen-bond donors (Lipinski definition) is 1. The van der Waals surface area contributed by atoms with Crippen LogP contribution in [0.1, 0.15) is 0 Å². The van der Waals surface area contributed by atoms with Crippen LogP contribution in [0.25, 0.3) is 20.2 Å².